The minimum Gasteiger partial charge on any atom is -0.480 e. The van der Waals surface area contributed by atoms with E-state index in [0.717, 1.165) is 0 Å². The third-order valence-corrected chi connectivity index (χ3v) is 2.00. The molecule has 0 bridgehead atoms. The molecule has 17 heavy (non-hydrogen) atoms. The first-order valence-corrected chi connectivity index (χ1v) is 4.65. The van der Waals surface area contributed by atoms with Crippen molar-refractivity contribution in [2.24, 2.45) is 0 Å². The average molecular weight is 262 g/mol. The number of nitrogens with one attached hydrogen (secondary N) is 1. The zero-order valence-electron chi connectivity index (χ0n) is 9.04. The van der Waals surface area contributed by atoms with E-state index in [1.165, 1.54) is 0 Å². The smallest absolute Gasteiger partial charge is 0.346 e. The summed E-state index contributed by atoms with van der Waals surface area (Å²) in [5.41, 5.74) is -0.175. The van der Waals surface area contributed by atoms with Crippen molar-refractivity contribution < 1.29 is 20.1 Å². The molecule has 0 atom stereocenters. The van der Waals surface area contributed by atoms with Crippen LogP contribution in [0.5, 0.6) is 0 Å². The minimum atomic E-state index is -1.51. The molecule has 0 aromatic heterocycles. The van der Waals surface area contributed by atoms with Crippen LogP contribution in [0.25, 0.3) is 0 Å². The Morgan fingerprint density at radius 2 is 1.65 bits per heavy atom. The van der Waals surface area contributed by atoms with Crippen molar-refractivity contribution in [3.05, 3.63) is 41.9 Å². The van der Waals surface area contributed by atoms with E-state index in [2.05, 4.69) is 5.32 Å². The zero-order valence-corrected chi connectivity index (χ0v) is 11.9. The van der Waals surface area contributed by atoms with E-state index in [-0.39, 0.29) is 34.5 Å². The third kappa shape index (κ3) is 4.74. The number of hydrogen-bond acceptors (Lipinski definition) is 4. The van der Waals surface area contributed by atoms with Crippen molar-refractivity contribution in [3.63, 3.8) is 0 Å². The molecule has 4 N–H and O–H groups in total. The predicted octanol–water partition coefficient (Wildman–Crippen LogP) is 1.46. The monoisotopic (exact) mass is 262 g/mol. The molecule has 5 nitrogen and oxygen atoms in total. The fraction of sp³-hybridized carbons (Fsp3) is 0. The van der Waals surface area contributed by atoms with Gasteiger partial charge in [-0.3, -0.25) is 0 Å². The number of rotatable bonds is 3. The van der Waals surface area contributed by atoms with Crippen LogP contribution in [0.1, 0.15) is 0 Å². The zero-order chi connectivity index (χ0) is 12.1. The molecule has 0 unspecified atom stereocenters. The van der Waals surface area contributed by atoms with E-state index in [0.29, 0.717) is 5.69 Å². The largest absolute Gasteiger partial charge is 0.480 e. The molecule has 0 aliphatic heterocycles. The number of benzene rings is 1. The van der Waals surface area contributed by atoms with E-state index in [1.54, 1.807) is 30.3 Å². The van der Waals surface area contributed by atoms with E-state index in [4.69, 9.17) is 27.5 Å². The van der Waals surface area contributed by atoms with Crippen LogP contribution in [0, 0.1) is 0 Å². The quantitative estimate of drug-likeness (QED) is 0.285. The maximum absolute atomic E-state index is 10.7. The van der Waals surface area contributed by atoms with Gasteiger partial charge in [-0.25, -0.2) is 4.79 Å². The van der Waals surface area contributed by atoms with Crippen molar-refractivity contribution in [2.75, 3.05) is 5.32 Å². The van der Waals surface area contributed by atoms with Crippen LogP contribution >= 0.6 is 12.2 Å². The van der Waals surface area contributed by atoms with Gasteiger partial charge in [0.25, 0.3) is 5.95 Å². The number of para-hydroxylation sites is 1. The SMILES string of the molecule is O=C(O)C(C(=S)Nc1ccccc1)=C(O)O.[Na]. The Bertz CT molecular complexity index is 443. The van der Waals surface area contributed by atoms with Gasteiger partial charge in [0, 0.05) is 35.2 Å². The first-order valence-electron chi connectivity index (χ1n) is 4.24. The van der Waals surface area contributed by atoms with Gasteiger partial charge in [-0.1, -0.05) is 30.4 Å². The number of hydrogen-bond donors (Lipinski definition) is 4. The summed E-state index contributed by atoms with van der Waals surface area (Å²) in [6.45, 7) is 0. The molecule has 0 saturated heterocycles. The Labute approximate surface area is 125 Å². The first kappa shape index (κ1) is 15.9. The number of thiocarbonyl (C=S) groups is 1. The molecule has 0 amide bonds. The maximum atomic E-state index is 10.7. The molecule has 0 saturated carbocycles. The van der Waals surface area contributed by atoms with Crippen molar-refractivity contribution >= 4 is 58.4 Å². The fourth-order valence-electron chi connectivity index (χ4n) is 1.01. The van der Waals surface area contributed by atoms with Gasteiger partial charge in [-0.15, -0.1) is 0 Å². The molecule has 1 aromatic carbocycles. The average Bonchev–Trinajstić information content (AvgIpc) is 2.17. The topological polar surface area (TPSA) is 89.8 Å². The maximum Gasteiger partial charge on any atom is 0.346 e. The van der Waals surface area contributed by atoms with Crippen LogP contribution in [-0.2, 0) is 4.79 Å². The van der Waals surface area contributed by atoms with E-state index in [1.807, 2.05) is 0 Å². The summed E-state index contributed by atoms with van der Waals surface area (Å²) in [6, 6.07) is 8.58. The Morgan fingerprint density at radius 3 is 2.06 bits per heavy atom. The van der Waals surface area contributed by atoms with Crippen LogP contribution in [0.2, 0.25) is 0 Å². The molecule has 0 heterocycles. The van der Waals surface area contributed by atoms with Gasteiger partial charge in [0.2, 0.25) is 0 Å². The summed E-state index contributed by atoms with van der Waals surface area (Å²) >= 11 is 4.74. The molecule has 7 heteroatoms. The molecule has 0 fully saturated rings. The number of aliphatic carboxylic acids is 1. The Balaban J connectivity index is 0.00000256. The molecule has 85 valence electrons. The van der Waals surface area contributed by atoms with Gasteiger partial charge >= 0.3 is 5.97 Å². The summed E-state index contributed by atoms with van der Waals surface area (Å²) in [5, 5.41) is 28.8. The van der Waals surface area contributed by atoms with Crippen molar-refractivity contribution in [3.8, 4) is 0 Å². The predicted molar refractivity (Wildman–Crippen MR) is 68.3 cm³/mol. The van der Waals surface area contributed by atoms with Crippen LogP contribution in [-0.4, -0.2) is 55.8 Å². The summed E-state index contributed by atoms with van der Waals surface area (Å²) < 4.78 is 0. The van der Waals surface area contributed by atoms with Gasteiger partial charge in [0.1, 0.15) is 4.99 Å². The molecular weight excluding hydrogens is 253 g/mol. The van der Waals surface area contributed by atoms with Crippen LogP contribution < -0.4 is 5.32 Å². The van der Waals surface area contributed by atoms with Crippen molar-refractivity contribution in [1.29, 1.82) is 0 Å². The Hall–Kier alpha value is -1.08. The number of carbonyl (C=O) groups is 1. The number of aliphatic hydroxyl groups excluding tert-OH is 1. The number of carboxylic acid groups (broad SMARTS) is 1. The van der Waals surface area contributed by atoms with Gasteiger partial charge in [0.05, 0.1) is 0 Å². The molecule has 1 rings (SSSR count). The normalized spacial score (nSPS) is 8.71. The van der Waals surface area contributed by atoms with E-state index < -0.39 is 17.5 Å². The number of carboxylic acids is 1. The Kier molecular flexibility index (Phi) is 6.82. The molecule has 1 aromatic rings. The molecule has 0 aliphatic rings. The Morgan fingerprint density at radius 1 is 1.12 bits per heavy atom. The summed E-state index contributed by atoms with van der Waals surface area (Å²) in [5.74, 6) is -2.82. The summed E-state index contributed by atoms with van der Waals surface area (Å²) in [4.78, 5) is 10.4. The second-order valence-corrected chi connectivity index (χ2v) is 3.23. The number of aliphatic hydroxyl groups is 2. The molecule has 0 aliphatic carbocycles. The van der Waals surface area contributed by atoms with Crippen LogP contribution in [0.3, 0.4) is 0 Å². The molecule has 0 spiro atoms. The van der Waals surface area contributed by atoms with Crippen molar-refractivity contribution in [2.45, 2.75) is 0 Å². The standard InChI is InChI=1S/C10H9NO4S.Na/c12-9(13)7(10(14)15)8(16)11-6-4-2-1-3-5-6;/h1-5,12-13H,(H,11,16)(H,14,15);. The summed E-state index contributed by atoms with van der Waals surface area (Å²) in [7, 11) is 0. The van der Waals surface area contributed by atoms with Crippen molar-refractivity contribution in [1.82, 2.24) is 0 Å². The number of anilines is 1. The first-order chi connectivity index (χ1) is 7.52. The summed E-state index contributed by atoms with van der Waals surface area (Å²) in [6.07, 6.45) is 0. The van der Waals surface area contributed by atoms with Gasteiger partial charge in [-0.05, 0) is 12.1 Å². The fourth-order valence-corrected chi connectivity index (χ4v) is 1.31. The van der Waals surface area contributed by atoms with E-state index >= 15 is 0 Å². The van der Waals surface area contributed by atoms with Gasteiger partial charge < -0.3 is 20.6 Å². The second kappa shape index (κ2) is 7.29. The van der Waals surface area contributed by atoms with Gasteiger partial charge in [0.15, 0.2) is 5.57 Å². The van der Waals surface area contributed by atoms with E-state index in [9.17, 15) is 4.79 Å². The molecular formula is C10H9NNaO4S. The minimum absolute atomic E-state index is 0. The second-order valence-electron chi connectivity index (χ2n) is 2.82. The third-order valence-electron chi connectivity index (χ3n) is 1.70. The molecule has 1 radical (unpaired) electrons. The van der Waals surface area contributed by atoms with Crippen LogP contribution in [0.15, 0.2) is 41.9 Å². The van der Waals surface area contributed by atoms with Crippen LogP contribution in [0.4, 0.5) is 5.69 Å². The van der Waals surface area contributed by atoms with Gasteiger partial charge in [-0.2, -0.15) is 0 Å².